The molecule has 2 aliphatic rings. The van der Waals surface area contributed by atoms with Gasteiger partial charge in [0.25, 0.3) is 0 Å². The van der Waals surface area contributed by atoms with Gasteiger partial charge in [-0.25, -0.2) is 35.9 Å². The predicted octanol–water partition coefficient (Wildman–Crippen LogP) is 3.68. The molecule has 0 saturated heterocycles. The van der Waals surface area contributed by atoms with Crippen LogP contribution in [0.25, 0.3) is 0 Å². The Labute approximate surface area is 241 Å². The normalized spacial score (nSPS) is 19.6. The molecule has 2 rings (SSSR count). The molecule has 2 saturated carbocycles. The Hall–Kier alpha value is -1.50. The summed E-state index contributed by atoms with van der Waals surface area (Å²) in [6.45, 7) is 7.01. The van der Waals surface area contributed by atoms with Gasteiger partial charge in [0.1, 0.15) is 13.2 Å². The minimum Gasteiger partial charge on any atom is -0.461 e. The van der Waals surface area contributed by atoms with Gasteiger partial charge in [-0.05, 0) is 49.4 Å². The van der Waals surface area contributed by atoms with Crippen LogP contribution in [-0.4, -0.2) is 65.6 Å². The summed E-state index contributed by atoms with van der Waals surface area (Å²) in [4.78, 5) is 24.4. The zero-order valence-electron chi connectivity index (χ0n) is 24.6. The second-order valence-corrected chi connectivity index (χ2v) is 15.7. The highest BCUT2D eigenvalue weighted by atomic mass is 32.2. The lowest BCUT2D eigenvalue weighted by Crippen LogP contribution is -2.44. The lowest BCUT2D eigenvalue weighted by Gasteiger charge is -2.25. The first-order chi connectivity index (χ1) is 18.8. The fourth-order valence-electron chi connectivity index (χ4n) is 5.19. The molecule has 0 aromatic carbocycles. The molecule has 0 heterocycles. The fourth-order valence-corrected chi connectivity index (χ4v) is 8.89. The Balaban J connectivity index is 1.79. The summed E-state index contributed by atoms with van der Waals surface area (Å²) >= 11 is 0. The first-order valence-corrected chi connectivity index (χ1v) is 18.1. The fraction of sp³-hybridized carbons (Fsp3) is 0.857. The van der Waals surface area contributed by atoms with Crippen LogP contribution >= 0.6 is 0 Å². The molecule has 0 aromatic rings. The van der Waals surface area contributed by atoms with E-state index in [1.807, 2.05) is 27.7 Å². The van der Waals surface area contributed by atoms with Crippen molar-refractivity contribution in [1.82, 2.24) is 9.44 Å². The minimum absolute atomic E-state index is 0.0734. The average molecular weight is 607 g/mol. The van der Waals surface area contributed by atoms with E-state index >= 15 is 0 Å². The van der Waals surface area contributed by atoms with Crippen molar-refractivity contribution in [3.05, 3.63) is 12.2 Å². The Morgan fingerprint density at radius 1 is 0.650 bits per heavy atom. The molecule has 0 aromatic heterocycles. The predicted molar refractivity (Wildman–Crippen MR) is 155 cm³/mol. The van der Waals surface area contributed by atoms with E-state index in [1.54, 1.807) is 0 Å². The maximum Gasteiger partial charge on any atom is 0.331 e. The van der Waals surface area contributed by atoms with Crippen LogP contribution in [0, 0.1) is 23.7 Å². The Bertz CT molecular complexity index is 947. The number of hydrogen-bond acceptors (Lipinski definition) is 8. The van der Waals surface area contributed by atoms with E-state index in [2.05, 4.69) is 9.44 Å². The lowest BCUT2D eigenvalue weighted by atomic mass is 9.91. The van der Waals surface area contributed by atoms with Crippen molar-refractivity contribution < 1.29 is 35.9 Å². The van der Waals surface area contributed by atoms with Gasteiger partial charge in [0.2, 0.25) is 20.0 Å². The van der Waals surface area contributed by atoms with E-state index in [4.69, 9.17) is 9.47 Å². The van der Waals surface area contributed by atoms with E-state index in [9.17, 15) is 26.4 Å². The van der Waals surface area contributed by atoms with Gasteiger partial charge in [-0.2, -0.15) is 0 Å². The molecule has 2 N–H and O–H groups in total. The SMILES string of the molecule is CC(C)[C@H](COC(=O)/C=C/C(=O)OC[C@H](NS(=O)(=O)CC1CCCCC1)C(C)C)NS(=O)(=O)CC1CCCCC1. The topological polar surface area (TPSA) is 145 Å². The van der Waals surface area contributed by atoms with Crippen molar-refractivity contribution >= 4 is 32.0 Å². The third-order valence-electron chi connectivity index (χ3n) is 7.80. The summed E-state index contributed by atoms with van der Waals surface area (Å²) in [5, 5.41) is 0. The Kier molecular flexibility index (Phi) is 14.6. The van der Waals surface area contributed by atoms with E-state index in [1.165, 1.54) is 0 Å². The van der Waals surface area contributed by atoms with Crippen molar-refractivity contribution in [2.45, 2.75) is 104 Å². The smallest absolute Gasteiger partial charge is 0.331 e. The summed E-state index contributed by atoms with van der Waals surface area (Å²) in [6.07, 6.45) is 12.0. The quantitative estimate of drug-likeness (QED) is 0.200. The lowest BCUT2D eigenvalue weighted by molar-refractivity contribution is -0.141. The van der Waals surface area contributed by atoms with Crippen LogP contribution in [-0.2, 0) is 39.1 Å². The molecule has 0 spiro atoms. The molecule has 2 aliphatic carbocycles. The summed E-state index contributed by atoms with van der Waals surface area (Å²) < 4.78 is 66.4. The maximum atomic E-state index is 12.7. The van der Waals surface area contributed by atoms with Crippen LogP contribution in [0.2, 0.25) is 0 Å². The van der Waals surface area contributed by atoms with Gasteiger partial charge in [-0.3, -0.25) is 0 Å². The van der Waals surface area contributed by atoms with Gasteiger partial charge in [-0.15, -0.1) is 0 Å². The van der Waals surface area contributed by atoms with Crippen LogP contribution in [0.15, 0.2) is 12.2 Å². The van der Waals surface area contributed by atoms with Crippen LogP contribution in [0.5, 0.6) is 0 Å². The van der Waals surface area contributed by atoms with Gasteiger partial charge >= 0.3 is 11.9 Å². The van der Waals surface area contributed by atoms with Gasteiger partial charge in [0.05, 0.1) is 23.6 Å². The van der Waals surface area contributed by atoms with Gasteiger partial charge in [0, 0.05) is 12.2 Å². The second-order valence-electron chi connectivity index (χ2n) is 12.1. The number of carbonyl (C=O) groups excluding carboxylic acids is 2. The Morgan fingerprint density at radius 3 is 1.27 bits per heavy atom. The highest BCUT2D eigenvalue weighted by Gasteiger charge is 2.27. The standard InChI is InChI=1S/C28H50N2O8S2/c1-21(2)25(29-39(33,34)19-23-11-7-5-8-12-23)17-37-27(31)15-16-28(32)38-18-26(22(3)4)30-40(35,36)20-24-13-9-6-10-14-24/h15-16,21-26,29-30H,5-14,17-20H2,1-4H3/b16-15+/t25-,26-/m0/s1. The van der Waals surface area contributed by atoms with Crippen molar-refractivity contribution in [3.8, 4) is 0 Å². The van der Waals surface area contributed by atoms with Crippen LogP contribution in [0.3, 0.4) is 0 Å². The number of ether oxygens (including phenoxy) is 2. The molecule has 10 nitrogen and oxygen atoms in total. The van der Waals surface area contributed by atoms with Crippen LogP contribution < -0.4 is 9.44 Å². The van der Waals surface area contributed by atoms with Crippen LogP contribution in [0.1, 0.15) is 91.9 Å². The van der Waals surface area contributed by atoms with Gasteiger partial charge in [0.15, 0.2) is 0 Å². The number of nitrogens with one attached hydrogen (secondary N) is 2. The zero-order chi connectivity index (χ0) is 29.8. The molecule has 0 unspecified atom stereocenters. The van der Waals surface area contributed by atoms with Crippen molar-refractivity contribution in [3.63, 3.8) is 0 Å². The molecular weight excluding hydrogens is 556 g/mol. The van der Waals surface area contributed by atoms with Crippen molar-refractivity contribution in [2.75, 3.05) is 24.7 Å². The van der Waals surface area contributed by atoms with Gasteiger partial charge in [-0.1, -0.05) is 66.2 Å². The van der Waals surface area contributed by atoms with Crippen molar-refractivity contribution in [1.29, 1.82) is 0 Å². The van der Waals surface area contributed by atoms with Crippen LogP contribution in [0.4, 0.5) is 0 Å². The summed E-state index contributed by atoms with van der Waals surface area (Å²) in [7, 11) is -7.05. The zero-order valence-corrected chi connectivity index (χ0v) is 26.2. The van der Waals surface area contributed by atoms with E-state index in [0.29, 0.717) is 0 Å². The monoisotopic (exact) mass is 606 g/mol. The summed E-state index contributed by atoms with van der Waals surface area (Å²) in [5.74, 6) is -1.38. The Morgan fingerprint density at radius 2 is 0.975 bits per heavy atom. The minimum atomic E-state index is -3.53. The summed E-state index contributed by atoms with van der Waals surface area (Å²) in [5.41, 5.74) is 0. The molecular formula is C28H50N2O8S2. The molecule has 0 aliphatic heterocycles. The third kappa shape index (κ3) is 13.9. The number of sulfonamides is 2. The molecule has 0 amide bonds. The first kappa shape index (κ1) is 34.7. The number of esters is 2. The first-order valence-electron chi connectivity index (χ1n) is 14.8. The average Bonchev–Trinajstić information content (AvgIpc) is 2.88. The molecule has 2 atom stereocenters. The van der Waals surface area contributed by atoms with E-state index in [0.717, 1.165) is 76.4 Å². The highest BCUT2D eigenvalue weighted by Crippen LogP contribution is 2.26. The number of hydrogen-bond donors (Lipinski definition) is 2. The molecule has 40 heavy (non-hydrogen) atoms. The van der Waals surface area contributed by atoms with E-state index in [-0.39, 0.29) is 48.4 Å². The van der Waals surface area contributed by atoms with Gasteiger partial charge < -0.3 is 9.47 Å². The molecule has 0 bridgehead atoms. The highest BCUT2D eigenvalue weighted by molar-refractivity contribution is 7.89. The number of rotatable bonds is 16. The molecule has 232 valence electrons. The largest absolute Gasteiger partial charge is 0.461 e. The second kappa shape index (κ2) is 16.8. The van der Waals surface area contributed by atoms with E-state index < -0.39 is 44.1 Å². The molecule has 2 fully saturated rings. The molecule has 12 heteroatoms. The summed E-state index contributed by atoms with van der Waals surface area (Å²) in [6, 6.07) is -1.18. The maximum absolute atomic E-state index is 12.7. The molecule has 0 radical (unpaired) electrons. The van der Waals surface area contributed by atoms with Crippen molar-refractivity contribution in [2.24, 2.45) is 23.7 Å². The number of carbonyl (C=O) groups is 2. The third-order valence-corrected chi connectivity index (χ3v) is 10.9.